The van der Waals surface area contributed by atoms with Crippen LogP contribution in [-0.2, 0) is 14.8 Å². The maximum Gasteiger partial charge on any atom is 0.264 e. The van der Waals surface area contributed by atoms with E-state index in [9.17, 15) is 17.6 Å². The van der Waals surface area contributed by atoms with Crippen LogP contribution in [0.1, 0.15) is 12.0 Å². The number of carbonyl (C=O) groups is 1. The van der Waals surface area contributed by atoms with Crippen molar-refractivity contribution in [1.82, 2.24) is 5.32 Å². The molecule has 0 aliphatic heterocycles. The molecule has 1 amide bonds. The normalized spacial score (nSPS) is 11.2. The highest BCUT2D eigenvalue weighted by Crippen LogP contribution is 2.26. The molecule has 0 saturated carbocycles. The Balaban J connectivity index is 1.62. The molecular weight excluding hydrogens is 447 g/mol. The van der Waals surface area contributed by atoms with Gasteiger partial charge >= 0.3 is 0 Å². The van der Waals surface area contributed by atoms with Crippen LogP contribution in [0.4, 0.5) is 10.1 Å². The molecule has 0 aromatic heterocycles. The molecule has 0 radical (unpaired) electrons. The van der Waals surface area contributed by atoms with Gasteiger partial charge in [-0.3, -0.25) is 9.10 Å². The van der Waals surface area contributed by atoms with E-state index in [0.717, 1.165) is 21.4 Å². The van der Waals surface area contributed by atoms with Gasteiger partial charge in [-0.05, 0) is 55.5 Å². The Morgan fingerprint density at radius 1 is 0.969 bits per heavy atom. The van der Waals surface area contributed by atoms with E-state index in [1.54, 1.807) is 30.0 Å². The summed E-state index contributed by atoms with van der Waals surface area (Å²) in [5.74, 6) is -0.398. The lowest BCUT2D eigenvalue weighted by Gasteiger charge is -2.24. The average molecular weight is 473 g/mol. The van der Waals surface area contributed by atoms with Crippen LogP contribution in [0.15, 0.2) is 88.7 Å². The summed E-state index contributed by atoms with van der Waals surface area (Å²) in [7, 11) is -4.12. The Hall–Kier alpha value is -2.84. The molecule has 0 heterocycles. The van der Waals surface area contributed by atoms with Gasteiger partial charge in [-0.25, -0.2) is 12.8 Å². The Morgan fingerprint density at radius 3 is 2.31 bits per heavy atom. The van der Waals surface area contributed by atoms with Gasteiger partial charge < -0.3 is 5.32 Å². The summed E-state index contributed by atoms with van der Waals surface area (Å²) >= 11 is 1.69. The number of hydrogen-bond donors (Lipinski definition) is 1. The number of amides is 1. The first kappa shape index (κ1) is 23.8. The van der Waals surface area contributed by atoms with Crippen LogP contribution in [0, 0.1) is 12.7 Å². The van der Waals surface area contributed by atoms with E-state index >= 15 is 0 Å². The Kier molecular flexibility index (Phi) is 8.30. The fourth-order valence-electron chi connectivity index (χ4n) is 2.98. The molecule has 0 saturated heterocycles. The van der Waals surface area contributed by atoms with Crippen molar-refractivity contribution in [3.05, 3.63) is 90.2 Å². The number of sulfonamides is 1. The highest BCUT2D eigenvalue weighted by atomic mass is 32.2. The number of nitrogens with one attached hydrogen (secondary N) is 1. The number of thioether (sulfide) groups is 1. The van der Waals surface area contributed by atoms with E-state index in [2.05, 4.69) is 29.6 Å². The molecule has 0 aliphatic carbocycles. The number of nitrogens with zero attached hydrogens (tertiary/aromatic N) is 1. The lowest BCUT2D eigenvalue weighted by Crippen LogP contribution is -2.41. The van der Waals surface area contributed by atoms with E-state index in [4.69, 9.17) is 0 Å². The van der Waals surface area contributed by atoms with Crippen LogP contribution >= 0.6 is 11.8 Å². The third-order valence-corrected chi connectivity index (χ3v) is 7.54. The van der Waals surface area contributed by atoms with Crippen molar-refractivity contribution in [3.63, 3.8) is 0 Å². The van der Waals surface area contributed by atoms with Gasteiger partial charge in [0, 0.05) is 11.4 Å². The minimum absolute atomic E-state index is 0.00875. The van der Waals surface area contributed by atoms with E-state index in [0.29, 0.717) is 6.54 Å². The maximum atomic E-state index is 14.4. The SMILES string of the molecule is Cc1ccc(SCCCNC(=O)CN(c2ccccc2F)S(=O)(=O)c2ccccc2)cc1. The van der Waals surface area contributed by atoms with Gasteiger partial charge in [0.05, 0.1) is 10.6 Å². The van der Waals surface area contributed by atoms with Crippen LogP contribution in [0.3, 0.4) is 0 Å². The molecule has 0 fully saturated rings. The molecule has 0 aliphatic rings. The van der Waals surface area contributed by atoms with E-state index in [1.165, 1.54) is 42.0 Å². The molecule has 168 valence electrons. The topological polar surface area (TPSA) is 66.5 Å². The quantitative estimate of drug-likeness (QED) is 0.345. The van der Waals surface area contributed by atoms with Gasteiger partial charge in [-0.1, -0.05) is 48.0 Å². The summed E-state index contributed by atoms with van der Waals surface area (Å²) < 4.78 is 41.6. The molecule has 5 nitrogen and oxygen atoms in total. The second-order valence-electron chi connectivity index (χ2n) is 7.14. The van der Waals surface area contributed by atoms with Gasteiger partial charge in [0.1, 0.15) is 12.4 Å². The van der Waals surface area contributed by atoms with Crippen LogP contribution in [0.2, 0.25) is 0 Å². The minimum Gasteiger partial charge on any atom is -0.354 e. The zero-order chi connectivity index (χ0) is 23.0. The number of anilines is 1. The number of rotatable bonds is 10. The molecule has 0 atom stereocenters. The fraction of sp³-hybridized carbons (Fsp3) is 0.208. The number of benzene rings is 3. The number of hydrogen-bond acceptors (Lipinski definition) is 4. The second-order valence-corrected chi connectivity index (χ2v) is 10.2. The highest BCUT2D eigenvalue weighted by molar-refractivity contribution is 7.99. The Bertz CT molecular complexity index is 1140. The van der Waals surface area contributed by atoms with Crippen molar-refractivity contribution in [3.8, 4) is 0 Å². The largest absolute Gasteiger partial charge is 0.354 e. The molecule has 0 unspecified atom stereocenters. The molecule has 0 bridgehead atoms. The fourth-order valence-corrected chi connectivity index (χ4v) is 5.29. The van der Waals surface area contributed by atoms with Crippen molar-refractivity contribution < 1.29 is 17.6 Å². The lowest BCUT2D eigenvalue weighted by atomic mass is 10.2. The van der Waals surface area contributed by atoms with Gasteiger partial charge in [0.25, 0.3) is 10.0 Å². The van der Waals surface area contributed by atoms with Gasteiger partial charge in [-0.2, -0.15) is 0 Å². The molecule has 3 rings (SSSR count). The first-order chi connectivity index (χ1) is 15.4. The predicted molar refractivity (Wildman–Crippen MR) is 127 cm³/mol. The average Bonchev–Trinajstić information content (AvgIpc) is 2.79. The van der Waals surface area contributed by atoms with Crippen LogP contribution < -0.4 is 9.62 Å². The molecule has 8 heteroatoms. The molecular formula is C24H25FN2O3S2. The summed E-state index contributed by atoms with van der Waals surface area (Å²) in [6.45, 7) is 1.92. The number of halogens is 1. The smallest absolute Gasteiger partial charge is 0.264 e. The summed E-state index contributed by atoms with van der Waals surface area (Å²) in [5.41, 5.74) is 1.04. The number of carbonyl (C=O) groups excluding carboxylic acids is 1. The Labute approximate surface area is 192 Å². The summed E-state index contributed by atoms with van der Waals surface area (Å²) in [5, 5.41) is 2.74. The van der Waals surface area contributed by atoms with Crippen LogP contribution in [0.5, 0.6) is 0 Å². The highest BCUT2D eigenvalue weighted by Gasteiger charge is 2.28. The van der Waals surface area contributed by atoms with Crippen molar-refractivity contribution >= 4 is 33.4 Å². The molecule has 1 N–H and O–H groups in total. The molecule has 0 spiro atoms. The van der Waals surface area contributed by atoms with Gasteiger partial charge in [-0.15, -0.1) is 11.8 Å². The first-order valence-electron chi connectivity index (χ1n) is 10.2. The van der Waals surface area contributed by atoms with E-state index in [-0.39, 0.29) is 10.6 Å². The van der Waals surface area contributed by atoms with Gasteiger partial charge in [0.2, 0.25) is 5.91 Å². The summed E-state index contributed by atoms with van der Waals surface area (Å²) in [6.07, 6.45) is 0.718. The third-order valence-electron chi connectivity index (χ3n) is 4.67. The summed E-state index contributed by atoms with van der Waals surface area (Å²) in [6, 6.07) is 21.4. The predicted octanol–water partition coefficient (Wildman–Crippen LogP) is 4.63. The van der Waals surface area contributed by atoms with Crippen molar-refractivity contribution in [1.29, 1.82) is 0 Å². The zero-order valence-electron chi connectivity index (χ0n) is 17.7. The number of aryl methyl sites for hydroxylation is 1. The molecule has 32 heavy (non-hydrogen) atoms. The monoisotopic (exact) mass is 472 g/mol. The van der Waals surface area contributed by atoms with E-state index < -0.39 is 28.3 Å². The van der Waals surface area contributed by atoms with Crippen molar-refractivity contribution in [2.24, 2.45) is 0 Å². The van der Waals surface area contributed by atoms with Gasteiger partial charge in [0.15, 0.2) is 0 Å². The van der Waals surface area contributed by atoms with E-state index in [1.807, 2.05) is 6.92 Å². The van der Waals surface area contributed by atoms with Crippen molar-refractivity contribution in [2.45, 2.75) is 23.1 Å². The maximum absolute atomic E-state index is 14.4. The lowest BCUT2D eigenvalue weighted by molar-refractivity contribution is -0.119. The number of para-hydroxylation sites is 1. The van der Waals surface area contributed by atoms with Crippen molar-refractivity contribution in [2.75, 3.05) is 23.1 Å². The molecule has 3 aromatic rings. The van der Waals surface area contributed by atoms with Crippen LogP contribution in [0.25, 0.3) is 0 Å². The standard InChI is InChI=1S/C24H25FN2O3S2/c1-19-12-14-20(15-13-19)31-17-7-16-26-24(28)18-27(23-11-6-5-10-22(23)25)32(29,30)21-8-3-2-4-9-21/h2-6,8-15H,7,16-18H2,1H3,(H,26,28). The zero-order valence-corrected chi connectivity index (χ0v) is 19.3. The van der Waals surface area contributed by atoms with Crippen LogP contribution in [-0.4, -0.2) is 33.2 Å². The molecule has 3 aromatic carbocycles. The second kappa shape index (κ2) is 11.2. The Morgan fingerprint density at radius 2 is 1.62 bits per heavy atom. The first-order valence-corrected chi connectivity index (χ1v) is 12.6. The summed E-state index contributed by atoms with van der Waals surface area (Å²) in [4.78, 5) is 13.7. The third kappa shape index (κ3) is 6.34. The minimum atomic E-state index is -4.12.